The molecule has 2 aromatic rings. The molecular weight excluding hydrogens is 614 g/mol. The fourth-order valence-electron chi connectivity index (χ4n) is 2.51. The summed E-state index contributed by atoms with van der Waals surface area (Å²) in [6.45, 7) is 0. The first-order chi connectivity index (χ1) is 12.9. The van der Waals surface area contributed by atoms with Crippen molar-refractivity contribution >= 4 is 86.2 Å². The van der Waals surface area contributed by atoms with E-state index in [-0.39, 0.29) is 11.4 Å². The number of methoxy groups -OCH3 is 2. The van der Waals surface area contributed by atoms with E-state index in [9.17, 15) is 4.79 Å². The summed E-state index contributed by atoms with van der Waals surface area (Å²) in [5, 5.41) is 6.75. The lowest BCUT2D eigenvalue weighted by molar-refractivity contribution is -0.116. The normalized spacial score (nSPS) is 17.7. The Balaban J connectivity index is 1.80. The van der Waals surface area contributed by atoms with Gasteiger partial charge in [0.05, 0.1) is 32.0 Å². The van der Waals surface area contributed by atoms with E-state index in [1.54, 1.807) is 32.4 Å². The third-order valence-corrected chi connectivity index (χ3v) is 6.57. The average molecular weight is 629 g/mol. The number of hydrogen-bond donors (Lipinski definition) is 2. The number of nitrogens with one attached hydrogen (secondary N) is 2. The van der Waals surface area contributed by atoms with Crippen molar-refractivity contribution in [3.05, 3.63) is 53.0 Å². The van der Waals surface area contributed by atoms with Gasteiger partial charge in [0.2, 0.25) is 0 Å². The number of ether oxygens (including phenoxy) is 2. The Morgan fingerprint density at radius 2 is 1.89 bits per heavy atom. The molecule has 2 aromatic carbocycles. The van der Waals surface area contributed by atoms with E-state index in [0.717, 1.165) is 24.1 Å². The number of rotatable bonds is 5. The predicted octanol–water partition coefficient (Wildman–Crippen LogP) is 5.17. The van der Waals surface area contributed by atoms with E-state index >= 15 is 0 Å². The maximum atomic E-state index is 12.4. The molecule has 1 fully saturated rings. The summed E-state index contributed by atoms with van der Waals surface area (Å²) in [5.74, 6) is 1.37. The number of thioether (sulfide) groups is 1. The molecule has 3 rings (SSSR count). The van der Waals surface area contributed by atoms with E-state index in [0.29, 0.717) is 15.7 Å². The zero-order valence-corrected chi connectivity index (χ0v) is 20.2. The van der Waals surface area contributed by atoms with Crippen LogP contribution in [-0.2, 0) is 4.79 Å². The highest BCUT2D eigenvalue weighted by Crippen LogP contribution is 2.35. The van der Waals surface area contributed by atoms with Crippen LogP contribution in [-0.4, -0.2) is 25.6 Å². The minimum absolute atomic E-state index is 0.126. The highest BCUT2D eigenvalue weighted by atomic mass is 127. The number of carbonyl (C=O) groups excluding carboxylic acids is 1. The van der Waals surface area contributed by atoms with Crippen LogP contribution in [0.3, 0.4) is 0 Å². The monoisotopic (exact) mass is 628 g/mol. The Morgan fingerprint density at radius 3 is 2.52 bits per heavy atom. The van der Waals surface area contributed by atoms with E-state index in [2.05, 4.69) is 55.8 Å². The molecule has 1 saturated heterocycles. The van der Waals surface area contributed by atoms with Gasteiger partial charge in [0.25, 0.3) is 5.91 Å². The standard InChI is InChI=1S/C18H15ClI2N2O3S/c1-25-14-4-3-10(19)8-13(14)22-18-23-17(24)15(27-18)7-9-5-11(20)16(26-2)12(21)6-9/h3-8,18,22H,1-2H3,(H,23,24)/b15-7-. The van der Waals surface area contributed by atoms with E-state index in [1.165, 1.54) is 11.8 Å². The van der Waals surface area contributed by atoms with Crippen molar-refractivity contribution in [2.45, 2.75) is 5.50 Å². The molecular formula is C18H15ClI2N2O3S. The van der Waals surface area contributed by atoms with Crippen LogP contribution in [0.5, 0.6) is 11.5 Å². The lowest BCUT2D eigenvalue weighted by atomic mass is 10.2. The van der Waals surface area contributed by atoms with Crippen molar-refractivity contribution in [1.29, 1.82) is 0 Å². The third kappa shape index (κ3) is 4.96. The van der Waals surface area contributed by atoms with Gasteiger partial charge in [-0.3, -0.25) is 4.79 Å². The first-order valence-corrected chi connectivity index (χ1v) is 11.1. The second-order valence-electron chi connectivity index (χ2n) is 5.49. The molecule has 0 aromatic heterocycles. The second kappa shape index (κ2) is 9.10. The summed E-state index contributed by atoms with van der Waals surface area (Å²) in [5.41, 5.74) is 1.35. The van der Waals surface area contributed by atoms with Gasteiger partial charge in [0.15, 0.2) is 5.50 Å². The minimum atomic E-state index is -0.312. The first kappa shape index (κ1) is 20.9. The fraction of sp³-hybridized carbons (Fsp3) is 0.167. The Hall–Kier alpha value is -0.850. The number of hydrogen-bond acceptors (Lipinski definition) is 5. The lowest BCUT2D eigenvalue weighted by Gasteiger charge is -2.15. The van der Waals surface area contributed by atoms with Crippen molar-refractivity contribution in [3.8, 4) is 11.5 Å². The summed E-state index contributed by atoms with van der Waals surface area (Å²) >= 11 is 11.9. The summed E-state index contributed by atoms with van der Waals surface area (Å²) in [6, 6.07) is 9.28. The maximum absolute atomic E-state index is 12.4. The topological polar surface area (TPSA) is 59.6 Å². The van der Waals surface area contributed by atoms with Crippen LogP contribution in [0.15, 0.2) is 35.2 Å². The predicted molar refractivity (Wildman–Crippen MR) is 128 cm³/mol. The molecule has 5 nitrogen and oxygen atoms in total. The highest BCUT2D eigenvalue weighted by molar-refractivity contribution is 14.1. The van der Waals surface area contributed by atoms with Crippen LogP contribution in [0.4, 0.5) is 5.69 Å². The van der Waals surface area contributed by atoms with E-state index in [4.69, 9.17) is 21.1 Å². The van der Waals surface area contributed by atoms with Gasteiger partial charge in [-0.25, -0.2) is 0 Å². The van der Waals surface area contributed by atoms with Crippen LogP contribution in [0.1, 0.15) is 5.56 Å². The van der Waals surface area contributed by atoms with Gasteiger partial charge in [0.1, 0.15) is 11.5 Å². The summed E-state index contributed by atoms with van der Waals surface area (Å²) in [4.78, 5) is 13.0. The molecule has 0 radical (unpaired) electrons. The van der Waals surface area contributed by atoms with Gasteiger partial charge in [-0.2, -0.15) is 0 Å². The third-order valence-electron chi connectivity index (χ3n) is 3.70. The summed E-state index contributed by atoms with van der Waals surface area (Å²) in [7, 11) is 3.24. The molecule has 0 saturated carbocycles. The molecule has 1 atom stereocenters. The molecule has 1 amide bonds. The Morgan fingerprint density at radius 1 is 1.19 bits per heavy atom. The molecule has 1 unspecified atom stereocenters. The fourth-order valence-corrected chi connectivity index (χ4v) is 5.91. The Labute approximate surface area is 193 Å². The van der Waals surface area contributed by atoms with Crippen LogP contribution in [0.2, 0.25) is 5.02 Å². The van der Waals surface area contributed by atoms with Crippen molar-refractivity contribution in [2.24, 2.45) is 0 Å². The first-order valence-electron chi connectivity index (χ1n) is 7.73. The van der Waals surface area contributed by atoms with Crippen molar-refractivity contribution in [3.63, 3.8) is 0 Å². The molecule has 142 valence electrons. The van der Waals surface area contributed by atoms with Gasteiger partial charge in [-0.05, 0) is 87.2 Å². The van der Waals surface area contributed by atoms with E-state index < -0.39 is 0 Å². The zero-order valence-electron chi connectivity index (χ0n) is 14.3. The Bertz CT molecular complexity index is 900. The highest BCUT2D eigenvalue weighted by Gasteiger charge is 2.28. The molecule has 27 heavy (non-hydrogen) atoms. The average Bonchev–Trinajstić information content (AvgIpc) is 2.94. The molecule has 2 N–H and O–H groups in total. The quantitative estimate of drug-likeness (QED) is 0.354. The number of halogens is 3. The molecule has 0 spiro atoms. The molecule has 9 heteroatoms. The zero-order chi connectivity index (χ0) is 19.6. The van der Waals surface area contributed by atoms with Gasteiger partial charge in [-0.1, -0.05) is 23.4 Å². The van der Waals surface area contributed by atoms with Crippen LogP contribution in [0, 0.1) is 7.14 Å². The maximum Gasteiger partial charge on any atom is 0.260 e. The summed E-state index contributed by atoms with van der Waals surface area (Å²) < 4.78 is 12.7. The number of amides is 1. The SMILES string of the molecule is COc1ccc(Cl)cc1NC1NC(=O)/C(=C/c2cc(I)c(OC)c(I)c2)S1. The van der Waals surface area contributed by atoms with Gasteiger partial charge >= 0.3 is 0 Å². The lowest BCUT2D eigenvalue weighted by Crippen LogP contribution is -2.31. The van der Waals surface area contributed by atoms with Crippen molar-refractivity contribution < 1.29 is 14.3 Å². The minimum Gasteiger partial charge on any atom is -0.495 e. The molecule has 0 bridgehead atoms. The van der Waals surface area contributed by atoms with E-state index in [1.807, 2.05) is 18.2 Å². The van der Waals surface area contributed by atoms with Crippen LogP contribution < -0.4 is 20.1 Å². The summed E-state index contributed by atoms with van der Waals surface area (Å²) in [6.07, 6.45) is 1.88. The number of anilines is 1. The molecule has 1 heterocycles. The molecule has 0 aliphatic carbocycles. The number of carbonyl (C=O) groups is 1. The van der Waals surface area contributed by atoms with Crippen molar-refractivity contribution in [2.75, 3.05) is 19.5 Å². The van der Waals surface area contributed by atoms with Crippen molar-refractivity contribution in [1.82, 2.24) is 5.32 Å². The number of benzene rings is 2. The van der Waals surface area contributed by atoms with Gasteiger partial charge in [0, 0.05) is 5.02 Å². The van der Waals surface area contributed by atoms with Gasteiger partial charge < -0.3 is 20.1 Å². The van der Waals surface area contributed by atoms with Gasteiger partial charge in [-0.15, -0.1) is 0 Å². The second-order valence-corrected chi connectivity index (χ2v) is 9.39. The van der Waals surface area contributed by atoms with Crippen LogP contribution in [0.25, 0.3) is 6.08 Å². The Kier molecular flexibility index (Phi) is 7.03. The van der Waals surface area contributed by atoms with Crippen LogP contribution >= 0.6 is 68.5 Å². The molecule has 1 aliphatic heterocycles. The largest absolute Gasteiger partial charge is 0.495 e. The molecule has 1 aliphatic rings. The smallest absolute Gasteiger partial charge is 0.260 e.